The van der Waals surface area contributed by atoms with Gasteiger partial charge in [0.2, 0.25) is 0 Å². The van der Waals surface area contributed by atoms with Crippen molar-refractivity contribution in [2.45, 2.75) is 20.5 Å². The van der Waals surface area contributed by atoms with Crippen molar-refractivity contribution in [3.05, 3.63) is 82.9 Å². The van der Waals surface area contributed by atoms with Crippen LogP contribution in [0, 0.1) is 13.8 Å². The maximum Gasteiger partial charge on any atom is 0.359 e. The highest BCUT2D eigenvalue weighted by molar-refractivity contribution is 5.87. The molecular weight excluding hydrogens is 480 g/mol. The Morgan fingerprint density at radius 2 is 1.46 bits per heavy atom. The zero-order valence-electron chi connectivity index (χ0n) is 19.6. The zero-order valence-corrected chi connectivity index (χ0v) is 19.6. The second-order valence-electron chi connectivity index (χ2n) is 8.31. The number of carbonyl (C=O) groups excluding carboxylic acids is 1. The summed E-state index contributed by atoms with van der Waals surface area (Å²) in [6.45, 7) is 3.46. The Balaban J connectivity index is 1.19. The SMILES string of the molecule is Cc1cc(C(=O)O)nn1-c1nc2ccc(COC(=O)c3cc(C)n(-c4nc5ccccc5o4)n3)cc2o1. The number of aromatic nitrogens is 6. The third kappa shape index (κ3) is 3.99. The van der Waals surface area contributed by atoms with E-state index in [1.54, 1.807) is 44.2 Å². The largest absolute Gasteiger partial charge is 0.476 e. The summed E-state index contributed by atoms with van der Waals surface area (Å²) in [4.78, 5) is 32.7. The van der Waals surface area contributed by atoms with Crippen molar-refractivity contribution in [3.63, 3.8) is 0 Å². The van der Waals surface area contributed by atoms with Gasteiger partial charge in [-0.3, -0.25) is 0 Å². The molecule has 12 nitrogen and oxygen atoms in total. The number of carboxylic acid groups (broad SMARTS) is 1. The van der Waals surface area contributed by atoms with Crippen molar-refractivity contribution >= 4 is 34.1 Å². The topological polar surface area (TPSA) is 151 Å². The van der Waals surface area contributed by atoms with Crippen LogP contribution in [-0.2, 0) is 11.3 Å². The molecule has 184 valence electrons. The van der Waals surface area contributed by atoms with E-state index in [9.17, 15) is 9.59 Å². The van der Waals surface area contributed by atoms with E-state index in [1.807, 2.05) is 18.2 Å². The fourth-order valence-electron chi connectivity index (χ4n) is 3.85. The lowest BCUT2D eigenvalue weighted by atomic mass is 10.2. The number of fused-ring (bicyclic) bond motifs is 2. The molecule has 6 aromatic rings. The Hall–Kier alpha value is -5.26. The molecule has 0 unspecified atom stereocenters. The van der Waals surface area contributed by atoms with E-state index in [4.69, 9.17) is 18.7 Å². The Morgan fingerprint density at radius 1 is 0.838 bits per heavy atom. The summed E-state index contributed by atoms with van der Waals surface area (Å²) in [5.74, 6) is -1.75. The molecule has 0 aliphatic carbocycles. The predicted octanol–water partition coefficient (Wildman–Crippen LogP) is 4.01. The smallest absolute Gasteiger partial charge is 0.359 e. The Labute approximate surface area is 207 Å². The number of esters is 1. The molecule has 0 saturated carbocycles. The first-order chi connectivity index (χ1) is 17.9. The van der Waals surface area contributed by atoms with Gasteiger partial charge >= 0.3 is 24.0 Å². The van der Waals surface area contributed by atoms with E-state index in [0.717, 1.165) is 0 Å². The minimum absolute atomic E-state index is 0.0242. The van der Waals surface area contributed by atoms with Crippen LogP contribution < -0.4 is 0 Å². The van der Waals surface area contributed by atoms with Gasteiger partial charge in [0.15, 0.2) is 22.6 Å². The van der Waals surface area contributed by atoms with E-state index in [2.05, 4.69) is 20.2 Å². The molecule has 0 aliphatic heterocycles. The highest BCUT2D eigenvalue weighted by Crippen LogP contribution is 2.22. The Bertz CT molecular complexity index is 1790. The number of carbonyl (C=O) groups is 2. The molecule has 4 aromatic heterocycles. The van der Waals surface area contributed by atoms with Crippen molar-refractivity contribution in [3.8, 4) is 12.0 Å². The fraction of sp³-hybridized carbons (Fsp3) is 0.120. The van der Waals surface area contributed by atoms with Gasteiger partial charge in [-0.15, -0.1) is 0 Å². The van der Waals surface area contributed by atoms with Crippen LogP contribution in [0.15, 0.2) is 63.4 Å². The number of ether oxygens (including phenoxy) is 1. The molecule has 0 atom stereocenters. The lowest BCUT2D eigenvalue weighted by molar-refractivity contribution is 0.0464. The quantitative estimate of drug-likeness (QED) is 0.333. The maximum atomic E-state index is 12.7. The number of hydrogen-bond acceptors (Lipinski definition) is 9. The highest BCUT2D eigenvalue weighted by Gasteiger charge is 2.19. The van der Waals surface area contributed by atoms with Gasteiger partial charge in [0, 0.05) is 11.4 Å². The standard InChI is InChI=1S/C25H18N6O6/c1-13-9-18(22(32)33)28-30(13)25-27-17-8-7-15(11-21(17)37-25)12-35-23(34)19-10-14(2)31(29-19)24-26-16-5-3-4-6-20(16)36-24/h3-11H,12H2,1-2H3,(H,32,33). The van der Waals surface area contributed by atoms with Crippen LogP contribution in [0.4, 0.5) is 0 Å². The molecule has 2 aromatic carbocycles. The third-order valence-corrected chi connectivity index (χ3v) is 5.66. The number of rotatable bonds is 6. The average molecular weight is 498 g/mol. The van der Waals surface area contributed by atoms with Crippen LogP contribution in [0.1, 0.15) is 37.9 Å². The van der Waals surface area contributed by atoms with Gasteiger partial charge < -0.3 is 18.7 Å². The van der Waals surface area contributed by atoms with Gasteiger partial charge in [-0.1, -0.05) is 18.2 Å². The molecule has 0 bridgehead atoms. The third-order valence-electron chi connectivity index (χ3n) is 5.66. The monoisotopic (exact) mass is 498 g/mol. The van der Waals surface area contributed by atoms with Gasteiger partial charge in [-0.05, 0) is 55.8 Å². The Morgan fingerprint density at radius 3 is 2.14 bits per heavy atom. The summed E-state index contributed by atoms with van der Waals surface area (Å²) in [7, 11) is 0. The first kappa shape index (κ1) is 22.2. The first-order valence-electron chi connectivity index (χ1n) is 11.2. The number of carboxylic acids is 1. The van der Waals surface area contributed by atoms with Crippen molar-refractivity contribution in [2.75, 3.05) is 0 Å². The summed E-state index contributed by atoms with van der Waals surface area (Å²) < 4.78 is 19.7. The van der Waals surface area contributed by atoms with Gasteiger partial charge in [-0.2, -0.15) is 29.5 Å². The molecule has 0 radical (unpaired) electrons. The van der Waals surface area contributed by atoms with E-state index >= 15 is 0 Å². The van der Waals surface area contributed by atoms with Crippen LogP contribution in [0.2, 0.25) is 0 Å². The maximum absolute atomic E-state index is 12.7. The molecular formula is C25H18N6O6. The van der Waals surface area contributed by atoms with Crippen molar-refractivity contribution in [1.82, 2.24) is 29.5 Å². The molecule has 6 rings (SSSR count). The first-order valence-corrected chi connectivity index (χ1v) is 11.2. The van der Waals surface area contributed by atoms with Crippen LogP contribution in [0.5, 0.6) is 0 Å². The van der Waals surface area contributed by atoms with Crippen LogP contribution in [-0.4, -0.2) is 46.6 Å². The summed E-state index contributed by atoms with van der Waals surface area (Å²) in [6.07, 6.45) is 0. The zero-order chi connectivity index (χ0) is 25.7. The van der Waals surface area contributed by atoms with E-state index < -0.39 is 11.9 Å². The fourth-order valence-corrected chi connectivity index (χ4v) is 3.85. The van der Waals surface area contributed by atoms with Crippen molar-refractivity contribution < 1.29 is 28.3 Å². The number of aromatic carboxylic acids is 1. The number of nitrogens with zero attached hydrogens (tertiary/aromatic N) is 6. The summed E-state index contributed by atoms with van der Waals surface area (Å²) in [5.41, 5.74) is 4.19. The van der Waals surface area contributed by atoms with Gasteiger partial charge in [-0.25, -0.2) is 9.59 Å². The summed E-state index contributed by atoms with van der Waals surface area (Å²) in [5, 5.41) is 17.5. The number of benzene rings is 2. The molecule has 0 saturated heterocycles. The van der Waals surface area contributed by atoms with Gasteiger partial charge in [0.1, 0.15) is 17.6 Å². The van der Waals surface area contributed by atoms with Gasteiger partial charge in [0.25, 0.3) is 0 Å². The molecule has 0 amide bonds. The lowest BCUT2D eigenvalue weighted by Gasteiger charge is -2.02. The Kier molecular flexibility index (Phi) is 5.07. The molecule has 0 aliphatic rings. The molecule has 37 heavy (non-hydrogen) atoms. The number of oxazole rings is 2. The molecule has 4 heterocycles. The lowest BCUT2D eigenvalue weighted by Crippen LogP contribution is -2.07. The minimum Gasteiger partial charge on any atom is -0.476 e. The highest BCUT2D eigenvalue weighted by atomic mass is 16.5. The summed E-state index contributed by atoms with van der Waals surface area (Å²) in [6, 6.07) is 15.9. The van der Waals surface area contributed by atoms with Gasteiger partial charge in [0.05, 0.1) is 0 Å². The van der Waals surface area contributed by atoms with Crippen molar-refractivity contribution in [2.24, 2.45) is 0 Å². The van der Waals surface area contributed by atoms with Crippen LogP contribution >= 0.6 is 0 Å². The van der Waals surface area contributed by atoms with E-state index in [1.165, 1.54) is 15.4 Å². The number of hydrogen-bond donors (Lipinski definition) is 1. The average Bonchev–Trinajstić information content (AvgIpc) is 3.65. The van der Waals surface area contributed by atoms with Crippen molar-refractivity contribution in [1.29, 1.82) is 0 Å². The summed E-state index contributed by atoms with van der Waals surface area (Å²) >= 11 is 0. The van der Waals surface area contributed by atoms with Crippen LogP contribution in [0.3, 0.4) is 0 Å². The van der Waals surface area contributed by atoms with Crippen LogP contribution in [0.25, 0.3) is 34.2 Å². The van der Waals surface area contributed by atoms with E-state index in [-0.39, 0.29) is 30.0 Å². The number of aryl methyl sites for hydroxylation is 2. The molecule has 0 fully saturated rings. The minimum atomic E-state index is -1.14. The second-order valence-corrected chi connectivity index (χ2v) is 8.31. The molecule has 0 spiro atoms. The molecule has 1 N–H and O–H groups in total. The normalized spacial score (nSPS) is 11.4. The molecule has 12 heteroatoms. The second kappa shape index (κ2) is 8.45. The van der Waals surface area contributed by atoms with E-state index in [0.29, 0.717) is 39.2 Å². The number of para-hydroxylation sites is 2. The predicted molar refractivity (Wildman–Crippen MR) is 128 cm³/mol.